The van der Waals surface area contributed by atoms with Crippen molar-refractivity contribution in [1.82, 2.24) is 20.4 Å². The van der Waals surface area contributed by atoms with E-state index in [-0.39, 0.29) is 37.7 Å². The highest BCUT2D eigenvalue weighted by molar-refractivity contribution is 5.64. The van der Waals surface area contributed by atoms with Crippen molar-refractivity contribution < 1.29 is 64.2 Å². The third kappa shape index (κ3) is 9.99. The number of hydrogen-bond acceptors (Lipinski definition) is 8. The molecule has 0 aliphatic heterocycles. The topological polar surface area (TPSA) is 168 Å². The zero-order valence-electron chi connectivity index (χ0n) is 18.8. The average molecular weight is 533 g/mol. The number of aryl methyl sites for hydroxylation is 2. The summed E-state index contributed by atoms with van der Waals surface area (Å²) < 4.78 is 3.10. The molecule has 14 heteroatoms. The first-order valence-corrected chi connectivity index (χ1v) is 10.3. The molecule has 188 valence electrons. The Hall–Kier alpha value is -4.16. The lowest BCUT2D eigenvalue weighted by molar-refractivity contribution is -0.753. The van der Waals surface area contributed by atoms with Gasteiger partial charge >= 0.3 is 0 Å². The zero-order chi connectivity index (χ0) is 24.2. The van der Waals surface area contributed by atoms with Gasteiger partial charge in [0.25, 0.3) is 0 Å². The van der Waals surface area contributed by atoms with Crippen LogP contribution in [-0.4, -0.2) is 32.3 Å². The van der Waals surface area contributed by atoms with Gasteiger partial charge in [-0.15, -0.1) is 10.2 Å². The maximum Gasteiger partial charge on any atom is 0.197 e. The van der Waals surface area contributed by atoms with E-state index in [1.54, 1.807) is 46.5 Å². The molecule has 0 saturated carbocycles. The molecular formula is C22H22Cl2N8O4. The van der Waals surface area contributed by atoms with Crippen LogP contribution in [0.15, 0.2) is 73.6 Å². The second kappa shape index (κ2) is 15.7. The van der Waals surface area contributed by atoms with Crippen molar-refractivity contribution in [2.24, 2.45) is 0 Å². The summed E-state index contributed by atoms with van der Waals surface area (Å²) in [7, 11) is 0. The normalized spacial score (nSPS) is 9.56. The van der Waals surface area contributed by atoms with Crippen LogP contribution in [-0.2, 0) is 22.7 Å². The second-order valence-electron chi connectivity index (χ2n) is 6.91. The number of nitrogens with one attached hydrogen (secondary N) is 2. The van der Waals surface area contributed by atoms with E-state index in [1.807, 2.05) is 36.4 Å². The smallest absolute Gasteiger partial charge is 0.197 e. The van der Waals surface area contributed by atoms with Gasteiger partial charge in [-0.2, -0.15) is 0 Å². The summed E-state index contributed by atoms with van der Waals surface area (Å²) in [6.07, 6.45) is 10.1. The monoisotopic (exact) mass is 532 g/mol. The van der Waals surface area contributed by atoms with Crippen LogP contribution >= 0.6 is 0 Å². The Morgan fingerprint density at radius 1 is 0.722 bits per heavy atom. The van der Waals surface area contributed by atoms with Gasteiger partial charge < -0.3 is 44.6 Å². The van der Waals surface area contributed by atoms with E-state index in [2.05, 4.69) is 30.6 Å². The lowest BCUT2D eigenvalue weighted by Crippen LogP contribution is -3.00. The molecule has 4 aromatic heterocycles. The Balaban J connectivity index is 0.000000341. The van der Waals surface area contributed by atoms with Gasteiger partial charge in [-0.25, -0.2) is 0 Å². The van der Waals surface area contributed by atoms with Gasteiger partial charge in [-0.1, -0.05) is 9.36 Å². The summed E-state index contributed by atoms with van der Waals surface area (Å²) in [4.78, 5) is 20.6. The van der Waals surface area contributed by atoms with Crippen LogP contribution in [0, 0.1) is 0 Å². The first-order chi connectivity index (χ1) is 16.5. The fourth-order valence-corrected chi connectivity index (χ4v) is 2.72. The quantitative estimate of drug-likeness (QED) is 0.201. The van der Waals surface area contributed by atoms with Crippen LogP contribution in [0.2, 0.25) is 0 Å². The molecule has 0 aliphatic carbocycles. The molecule has 0 spiro atoms. The molecule has 2 N–H and O–H groups in total. The predicted molar refractivity (Wildman–Crippen MR) is 108 cm³/mol. The highest BCUT2D eigenvalue weighted by Gasteiger charge is 2.08. The Morgan fingerprint density at radius 3 is 1.42 bits per heavy atom. The van der Waals surface area contributed by atoms with Crippen molar-refractivity contribution in [2.75, 3.05) is 0 Å². The van der Waals surface area contributed by atoms with Gasteiger partial charge in [-0.05, 0) is 32.5 Å². The molecule has 0 saturated heterocycles. The van der Waals surface area contributed by atoms with Gasteiger partial charge in [0.1, 0.15) is 23.8 Å². The van der Waals surface area contributed by atoms with Crippen LogP contribution in [0.3, 0.4) is 0 Å². The number of nitrogens with zero attached hydrogens (tertiary/aromatic N) is 6. The van der Waals surface area contributed by atoms with Crippen LogP contribution in [0.5, 0.6) is 0 Å². The molecule has 0 aliphatic rings. The van der Waals surface area contributed by atoms with Gasteiger partial charge in [0, 0.05) is 60.2 Å². The number of aromatic amines is 2. The molecule has 0 unspecified atom stereocenters. The standard InChI is InChI=1S/2C11H10N4O2.2ClH/c2*16-11(17)4-7-15-6-3-9(8-13-15)10-2-1-5-12-14-10;;/h2*1-3,5-6,8H,4,7H2;2*1H. The third-order valence-corrected chi connectivity index (χ3v) is 4.44. The van der Waals surface area contributed by atoms with Gasteiger partial charge in [-0.3, -0.25) is 0 Å². The van der Waals surface area contributed by atoms with Gasteiger partial charge in [0.2, 0.25) is 0 Å². The summed E-state index contributed by atoms with van der Waals surface area (Å²) in [6.45, 7) is 0.605. The summed E-state index contributed by atoms with van der Waals surface area (Å²) in [5.74, 6) is -2.16. The number of carboxylic acids is 2. The molecule has 0 bridgehead atoms. The van der Waals surface area contributed by atoms with Crippen molar-refractivity contribution in [3.63, 3.8) is 0 Å². The van der Waals surface area contributed by atoms with E-state index >= 15 is 0 Å². The highest BCUT2D eigenvalue weighted by Crippen LogP contribution is 2.11. The molecule has 4 aromatic rings. The van der Waals surface area contributed by atoms with E-state index in [0.29, 0.717) is 13.1 Å². The number of aromatic nitrogens is 8. The Bertz CT molecular complexity index is 1110. The van der Waals surface area contributed by atoms with E-state index in [1.165, 1.54) is 0 Å². The maximum atomic E-state index is 10.3. The Kier molecular flexibility index (Phi) is 13.0. The van der Waals surface area contributed by atoms with Crippen molar-refractivity contribution in [2.45, 2.75) is 25.9 Å². The number of carboxylic acid groups (broad SMARTS) is 2. The van der Waals surface area contributed by atoms with E-state index in [0.717, 1.165) is 22.5 Å². The predicted octanol–water partition coefficient (Wildman–Crippen LogP) is -9.22. The SMILES string of the molecule is O=C([O-])CC[n+]1ccc(-c2ccc[nH+]n2)cn1.O=C([O-])CC[n+]1ccc(-c2ccc[nH+]n2)cn1.[Cl-].[Cl-]. The minimum atomic E-state index is -1.08. The molecule has 0 aromatic carbocycles. The molecule has 12 nitrogen and oxygen atoms in total. The van der Waals surface area contributed by atoms with Crippen molar-refractivity contribution >= 4 is 11.9 Å². The number of H-pyrrole nitrogens is 2. The Morgan fingerprint density at radius 2 is 1.14 bits per heavy atom. The number of aliphatic carboxylic acids is 2. The van der Waals surface area contributed by atoms with Crippen molar-refractivity contribution in [3.05, 3.63) is 73.6 Å². The molecule has 4 heterocycles. The van der Waals surface area contributed by atoms with Crippen LogP contribution in [0.1, 0.15) is 12.8 Å². The molecule has 0 amide bonds. The highest BCUT2D eigenvalue weighted by atomic mass is 35.5. The largest absolute Gasteiger partial charge is 1.00 e. The van der Waals surface area contributed by atoms with Gasteiger partial charge in [0.15, 0.2) is 37.9 Å². The Labute approximate surface area is 218 Å². The second-order valence-corrected chi connectivity index (χ2v) is 6.91. The molecule has 0 fully saturated rings. The minimum absolute atomic E-state index is 0. The van der Waals surface area contributed by atoms with Crippen molar-refractivity contribution in [3.8, 4) is 22.5 Å². The van der Waals surface area contributed by atoms with Crippen LogP contribution < -0.4 is 54.6 Å². The maximum absolute atomic E-state index is 10.3. The summed E-state index contributed by atoms with van der Waals surface area (Å²) in [5, 5.41) is 42.4. The lowest BCUT2D eigenvalue weighted by Gasteiger charge is -1.97. The minimum Gasteiger partial charge on any atom is -1.00 e. The summed E-state index contributed by atoms with van der Waals surface area (Å²) >= 11 is 0. The van der Waals surface area contributed by atoms with Crippen molar-refractivity contribution in [1.29, 1.82) is 0 Å². The number of halogens is 2. The van der Waals surface area contributed by atoms with Crippen LogP contribution in [0.25, 0.3) is 22.5 Å². The van der Waals surface area contributed by atoms with Gasteiger partial charge in [0.05, 0.1) is 0 Å². The fraction of sp³-hybridized carbons (Fsp3) is 0.182. The average Bonchev–Trinajstić information content (AvgIpc) is 2.88. The zero-order valence-corrected chi connectivity index (χ0v) is 20.3. The van der Waals surface area contributed by atoms with Crippen LogP contribution in [0.4, 0.5) is 0 Å². The third-order valence-electron chi connectivity index (χ3n) is 4.44. The summed E-state index contributed by atoms with van der Waals surface area (Å²) in [6, 6.07) is 11.1. The number of hydrogen-bond donors (Lipinski definition) is 0. The molecular weight excluding hydrogens is 511 g/mol. The van der Waals surface area contributed by atoms with E-state index in [4.69, 9.17) is 0 Å². The van der Waals surface area contributed by atoms with E-state index < -0.39 is 11.9 Å². The lowest BCUT2D eigenvalue weighted by atomic mass is 10.2. The molecule has 4 rings (SSSR count). The first kappa shape index (κ1) is 29.9. The number of carbonyl (C=O) groups is 2. The summed E-state index contributed by atoms with van der Waals surface area (Å²) in [5.41, 5.74) is 3.30. The number of carbonyl (C=O) groups excluding carboxylic acids is 2. The van der Waals surface area contributed by atoms with E-state index in [9.17, 15) is 19.8 Å². The fourth-order valence-electron chi connectivity index (χ4n) is 2.72. The molecule has 36 heavy (non-hydrogen) atoms. The number of rotatable bonds is 8. The molecule has 0 radical (unpaired) electrons. The molecule has 0 atom stereocenters. The first-order valence-electron chi connectivity index (χ1n) is 10.3.